The van der Waals surface area contributed by atoms with Crippen LogP contribution in [0.4, 0.5) is 0 Å². The van der Waals surface area contributed by atoms with Gasteiger partial charge in [0.1, 0.15) is 0 Å². The first-order chi connectivity index (χ1) is 5.83. The lowest BCUT2D eigenvalue weighted by atomic mass is 10.1. The predicted molar refractivity (Wildman–Crippen MR) is 48.1 cm³/mol. The van der Waals surface area contributed by atoms with Crippen molar-refractivity contribution in [1.82, 2.24) is 4.98 Å². The minimum atomic E-state index is 0.921. The highest BCUT2D eigenvalue weighted by Crippen LogP contribution is 2.21. The van der Waals surface area contributed by atoms with Gasteiger partial charge in [-0.05, 0) is 25.0 Å². The second kappa shape index (κ2) is 2.63. The van der Waals surface area contributed by atoms with E-state index in [-0.39, 0.29) is 0 Å². The summed E-state index contributed by atoms with van der Waals surface area (Å²) in [6.07, 6.45) is 4.54. The van der Waals surface area contributed by atoms with Crippen LogP contribution in [0.15, 0.2) is 22.9 Å². The monoisotopic (exact) mass is 161 g/mol. The number of fused-ring (bicyclic) bond motifs is 1. The Morgan fingerprint density at radius 2 is 2.33 bits per heavy atom. The van der Waals surface area contributed by atoms with Crippen molar-refractivity contribution in [2.75, 3.05) is 0 Å². The van der Waals surface area contributed by atoms with Gasteiger partial charge in [0.15, 0.2) is 5.58 Å². The average Bonchev–Trinajstić information content (AvgIpc) is 2.54. The van der Waals surface area contributed by atoms with E-state index in [1.165, 1.54) is 10.9 Å². The van der Waals surface area contributed by atoms with Crippen molar-refractivity contribution < 1.29 is 4.42 Å². The summed E-state index contributed by atoms with van der Waals surface area (Å²) in [5, 5.41) is 1.18. The average molecular weight is 161 g/mol. The number of pyridine rings is 1. The van der Waals surface area contributed by atoms with E-state index in [0.29, 0.717) is 0 Å². The Labute approximate surface area is 71.2 Å². The molecule has 0 atom stereocenters. The maximum atomic E-state index is 5.36. The molecule has 0 aliphatic carbocycles. The van der Waals surface area contributed by atoms with Gasteiger partial charge in [-0.25, -0.2) is 0 Å². The van der Waals surface area contributed by atoms with Crippen LogP contribution in [0.2, 0.25) is 0 Å². The molecule has 0 saturated carbocycles. The lowest BCUT2D eigenvalue weighted by molar-refractivity contribution is 0.608. The van der Waals surface area contributed by atoms with E-state index in [4.69, 9.17) is 4.42 Å². The van der Waals surface area contributed by atoms with E-state index >= 15 is 0 Å². The van der Waals surface area contributed by atoms with E-state index in [1.807, 2.05) is 19.2 Å². The molecule has 2 nitrogen and oxygen atoms in total. The molecular formula is C10H11NO. The Morgan fingerprint density at radius 1 is 1.50 bits per heavy atom. The number of aryl methyl sites for hydroxylation is 2. The first-order valence-electron chi connectivity index (χ1n) is 4.14. The van der Waals surface area contributed by atoms with Gasteiger partial charge in [0.05, 0.1) is 12.0 Å². The van der Waals surface area contributed by atoms with Crippen LogP contribution in [0.25, 0.3) is 11.0 Å². The number of hydrogen-bond donors (Lipinski definition) is 0. The van der Waals surface area contributed by atoms with Gasteiger partial charge in [-0.1, -0.05) is 6.92 Å². The predicted octanol–water partition coefficient (Wildman–Crippen LogP) is 2.70. The second-order valence-electron chi connectivity index (χ2n) is 2.90. The summed E-state index contributed by atoms with van der Waals surface area (Å²) in [6, 6.07) is 1.99. The zero-order valence-electron chi connectivity index (χ0n) is 7.29. The summed E-state index contributed by atoms with van der Waals surface area (Å²) < 4.78 is 5.36. The number of nitrogens with zero attached hydrogens (tertiary/aromatic N) is 1. The zero-order chi connectivity index (χ0) is 8.55. The normalized spacial score (nSPS) is 10.8. The van der Waals surface area contributed by atoms with Gasteiger partial charge in [-0.3, -0.25) is 4.98 Å². The van der Waals surface area contributed by atoms with Crippen LogP contribution in [0.5, 0.6) is 0 Å². The van der Waals surface area contributed by atoms with Gasteiger partial charge < -0.3 is 4.42 Å². The summed E-state index contributed by atoms with van der Waals surface area (Å²) in [5.41, 5.74) is 3.16. The molecule has 0 amide bonds. The molecule has 2 heterocycles. The fourth-order valence-corrected chi connectivity index (χ4v) is 1.40. The number of aromatic nitrogens is 1. The third-order valence-corrected chi connectivity index (χ3v) is 2.10. The molecule has 0 fully saturated rings. The van der Waals surface area contributed by atoms with Crippen LogP contribution < -0.4 is 0 Å². The van der Waals surface area contributed by atoms with Crippen LogP contribution in [-0.2, 0) is 6.42 Å². The van der Waals surface area contributed by atoms with Crippen molar-refractivity contribution in [3.8, 4) is 0 Å². The number of furan rings is 1. The molecule has 0 aromatic carbocycles. The largest absolute Gasteiger partial charge is 0.462 e. The van der Waals surface area contributed by atoms with Gasteiger partial charge in [0.25, 0.3) is 0 Å². The van der Waals surface area contributed by atoms with Crippen LogP contribution in [-0.4, -0.2) is 4.98 Å². The summed E-state index contributed by atoms with van der Waals surface area (Å²) in [5.74, 6) is 0. The van der Waals surface area contributed by atoms with E-state index in [1.54, 1.807) is 6.26 Å². The van der Waals surface area contributed by atoms with Gasteiger partial charge in [0.2, 0.25) is 0 Å². The summed E-state index contributed by atoms with van der Waals surface area (Å²) in [7, 11) is 0. The van der Waals surface area contributed by atoms with Crippen molar-refractivity contribution >= 4 is 11.0 Å². The van der Waals surface area contributed by atoms with Crippen molar-refractivity contribution in [2.45, 2.75) is 20.3 Å². The lowest BCUT2D eigenvalue weighted by Crippen LogP contribution is -1.88. The molecule has 2 aromatic rings. The maximum Gasteiger partial charge on any atom is 0.155 e. The van der Waals surface area contributed by atoms with E-state index in [9.17, 15) is 0 Å². The smallest absolute Gasteiger partial charge is 0.155 e. The zero-order valence-corrected chi connectivity index (χ0v) is 7.29. The molecule has 0 aliphatic rings. The summed E-state index contributed by atoms with van der Waals surface area (Å²) >= 11 is 0. The summed E-state index contributed by atoms with van der Waals surface area (Å²) in [4.78, 5) is 4.30. The van der Waals surface area contributed by atoms with Gasteiger partial charge in [-0.15, -0.1) is 0 Å². The Hall–Kier alpha value is -1.31. The maximum absolute atomic E-state index is 5.36. The molecule has 0 spiro atoms. The molecule has 2 rings (SSSR count). The molecule has 62 valence electrons. The van der Waals surface area contributed by atoms with Crippen molar-refractivity contribution in [3.05, 3.63) is 29.8 Å². The fraction of sp³-hybridized carbons (Fsp3) is 0.300. The summed E-state index contributed by atoms with van der Waals surface area (Å²) in [6.45, 7) is 4.13. The minimum absolute atomic E-state index is 0.921. The number of hydrogen-bond acceptors (Lipinski definition) is 2. The van der Waals surface area contributed by atoms with Crippen molar-refractivity contribution in [3.63, 3.8) is 0 Å². The molecule has 12 heavy (non-hydrogen) atoms. The van der Waals surface area contributed by atoms with Crippen LogP contribution in [0, 0.1) is 6.92 Å². The highest BCUT2D eigenvalue weighted by atomic mass is 16.3. The third kappa shape index (κ3) is 0.916. The Bertz CT molecular complexity index is 403. The van der Waals surface area contributed by atoms with E-state index in [0.717, 1.165) is 17.7 Å². The highest BCUT2D eigenvalue weighted by Gasteiger charge is 2.05. The SMILES string of the molecule is CCc1ncc(C)c2ccoc12. The van der Waals surface area contributed by atoms with Crippen LogP contribution >= 0.6 is 0 Å². The molecule has 0 bridgehead atoms. The Morgan fingerprint density at radius 3 is 3.08 bits per heavy atom. The quantitative estimate of drug-likeness (QED) is 0.642. The van der Waals surface area contributed by atoms with Crippen LogP contribution in [0.1, 0.15) is 18.2 Å². The molecule has 0 N–H and O–H groups in total. The van der Waals surface area contributed by atoms with Crippen molar-refractivity contribution in [2.24, 2.45) is 0 Å². The van der Waals surface area contributed by atoms with Crippen LogP contribution in [0.3, 0.4) is 0 Å². The molecular weight excluding hydrogens is 150 g/mol. The Balaban J connectivity index is 2.82. The van der Waals surface area contributed by atoms with E-state index in [2.05, 4.69) is 11.9 Å². The highest BCUT2D eigenvalue weighted by molar-refractivity contribution is 5.82. The lowest BCUT2D eigenvalue weighted by Gasteiger charge is -1.98. The molecule has 0 aliphatic heterocycles. The molecule has 2 heteroatoms. The second-order valence-corrected chi connectivity index (χ2v) is 2.90. The van der Waals surface area contributed by atoms with Gasteiger partial charge >= 0.3 is 0 Å². The Kier molecular flexibility index (Phi) is 1.61. The van der Waals surface area contributed by atoms with Crippen molar-refractivity contribution in [1.29, 1.82) is 0 Å². The van der Waals surface area contributed by atoms with Gasteiger partial charge in [0, 0.05) is 11.6 Å². The first-order valence-corrected chi connectivity index (χ1v) is 4.14. The third-order valence-electron chi connectivity index (χ3n) is 2.10. The topological polar surface area (TPSA) is 26.0 Å². The molecule has 0 saturated heterocycles. The molecule has 0 unspecified atom stereocenters. The van der Waals surface area contributed by atoms with E-state index < -0.39 is 0 Å². The standard InChI is InChI=1S/C10H11NO/c1-3-9-10-8(4-5-12-10)7(2)6-11-9/h4-6H,3H2,1-2H3. The molecule has 0 radical (unpaired) electrons. The number of rotatable bonds is 1. The molecule has 2 aromatic heterocycles. The fourth-order valence-electron chi connectivity index (χ4n) is 1.40. The minimum Gasteiger partial charge on any atom is -0.462 e. The first kappa shape index (κ1) is 7.35. The van der Waals surface area contributed by atoms with Gasteiger partial charge in [-0.2, -0.15) is 0 Å².